The third kappa shape index (κ3) is 1.97. The summed E-state index contributed by atoms with van der Waals surface area (Å²) in [6.07, 6.45) is 2.76. The lowest BCUT2D eigenvalue weighted by molar-refractivity contribution is -0.139. The van der Waals surface area contributed by atoms with Gasteiger partial charge in [-0.1, -0.05) is 0 Å². The molecule has 1 heterocycles. The summed E-state index contributed by atoms with van der Waals surface area (Å²) < 4.78 is 0. The maximum atomic E-state index is 10.4. The van der Waals surface area contributed by atoms with Crippen LogP contribution in [0.2, 0.25) is 0 Å². The van der Waals surface area contributed by atoms with Crippen molar-refractivity contribution >= 4 is 5.97 Å². The molecule has 58 valence electrons. The van der Waals surface area contributed by atoms with E-state index in [0.717, 1.165) is 25.8 Å². The molecule has 1 atom stereocenters. The zero-order valence-electron chi connectivity index (χ0n) is 5.76. The first kappa shape index (κ1) is 7.50. The quantitative estimate of drug-likeness (QED) is 0.473. The Kier molecular flexibility index (Phi) is 2.65. The second kappa shape index (κ2) is 3.53. The Morgan fingerprint density at radius 2 is 2.30 bits per heavy atom. The molecule has 0 saturated carbocycles. The van der Waals surface area contributed by atoms with E-state index in [4.69, 9.17) is 5.11 Å². The van der Waals surface area contributed by atoms with Gasteiger partial charge < -0.3 is 5.11 Å². The molecule has 4 heteroatoms. The van der Waals surface area contributed by atoms with Gasteiger partial charge in [-0.25, -0.2) is 5.43 Å². The van der Waals surface area contributed by atoms with Crippen molar-refractivity contribution in [2.75, 3.05) is 6.54 Å². The number of carboxylic acids is 1. The number of hydrogen-bond donors (Lipinski definition) is 3. The van der Waals surface area contributed by atoms with Crippen LogP contribution in [0, 0.1) is 0 Å². The van der Waals surface area contributed by atoms with Crippen LogP contribution in [0.15, 0.2) is 0 Å². The predicted octanol–water partition coefficient (Wildman–Crippen LogP) is -0.282. The molecule has 0 unspecified atom stereocenters. The molecule has 1 rings (SSSR count). The number of hydrazine groups is 1. The van der Waals surface area contributed by atoms with Crippen molar-refractivity contribution in [3.8, 4) is 0 Å². The van der Waals surface area contributed by atoms with Crippen LogP contribution in [0.3, 0.4) is 0 Å². The molecule has 1 aliphatic rings. The van der Waals surface area contributed by atoms with E-state index in [0.29, 0.717) is 0 Å². The molecule has 1 aliphatic heterocycles. The SMILES string of the molecule is O=C(O)[C@@H]1CCCCNN1. The largest absolute Gasteiger partial charge is 0.480 e. The predicted molar refractivity (Wildman–Crippen MR) is 36.4 cm³/mol. The number of rotatable bonds is 1. The van der Waals surface area contributed by atoms with Crippen molar-refractivity contribution in [2.45, 2.75) is 25.3 Å². The van der Waals surface area contributed by atoms with Crippen LogP contribution in [0.4, 0.5) is 0 Å². The molecule has 4 nitrogen and oxygen atoms in total. The summed E-state index contributed by atoms with van der Waals surface area (Å²) in [7, 11) is 0. The van der Waals surface area contributed by atoms with Crippen LogP contribution in [0.25, 0.3) is 0 Å². The molecule has 3 N–H and O–H groups in total. The molecular formula is C6H12N2O2. The zero-order valence-corrected chi connectivity index (χ0v) is 5.76. The van der Waals surface area contributed by atoms with E-state index >= 15 is 0 Å². The second-order valence-corrected chi connectivity index (χ2v) is 2.46. The standard InChI is InChI=1S/C6H12N2O2/c9-6(10)5-3-1-2-4-7-8-5/h5,7-8H,1-4H2,(H,9,10)/t5-/m0/s1. The van der Waals surface area contributed by atoms with Crippen LogP contribution in [0.5, 0.6) is 0 Å². The van der Waals surface area contributed by atoms with E-state index in [1.54, 1.807) is 0 Å². The van der Waals surface area contributed by atoms with Gasteiger partial charge in [-0.3, -0.25) is 10.2 Å². The highest BCUT2D eigenvalue weighted by atomic mass is 16.4. The van der Waals surface area contributed by atoms with Gasteiger partial charge in [0.05, 0.1) is 0 Å². The third-order valence-electron chi connectivity index (χ3n) is 1.62. The fraction of sp³-hybridized carbons (Fsp3) is 0.833. The summed E-state index contributed by atoms with van der Waals surface area (Å²) in [5, 5.41) is 8.56. The van der Waals surface area contributed by atoms with Crippen molar-refractivity contribution in [3.05, 3.63) is 0 Å². The average molecular weight is 144 g/mol. The Morgan fingerprint density at radius 3 is 3.00 bits per heavy atom. The number of hydrogen-bond acceptors (Lipinski definition) is 3. The molecule has 0 aromatic carbocycles. The highest BCUT2D eigenvalue weighted by Gasteiger charge is 2.17. The van der Waals surface area contributed by atoms with Gasteiger partial charge in [0, 0.05) is 6.54 Å². The minimum absolute atomic E-state index is 0.400. The normalized spacial score (nSPS) is 27.4. The Morgan fingerprint density at radius 1 is 1.50 bits per heavy atom. The van der Waals surface area contributed by atoms with Crippen molar-refractivity contribution in [3.63, 3.8) is 0 Å². The Hall–Kier alpha value is -0.610. The van der Waals surface area contributed by atoms with Gasteiger partial charge >= 0.3 is 5.97 Å². The lowest BCUT2D eigenvalue weighted by Crippen LogP contribution is -2.43. The van der Waals surface area contributed by atoms with E-state index in [2.05, 4.69) is 10.9 Å². The van der Waals surface area contributed by atoms with E-state index in [9.17, 15) is 4.79 Å². The summed E-state index contributed by atoms with van der Waals surface area (Å²) >= 11 is 0. The van der Waals surface area contributed by atoms with Gasteiger partial charge in [-0.15, -0.1) is 0 Å². The van der Waals surface area contributed by atoms with E-state index in [-0.39, 0.29) is 0 Å². The highest BCUT2D eigenvalue weighted by molar-refractivity contribution is 5.73. The molecule has 0 spiro atoms. The first-order chi connectivity index (χ1) is 4.80. The van der Waals surface area contributed by atoms with Crippen LogP contribution in [-0.4, -0.2) is 23.7 Å². The van der Waals surface area contributed by atoms with Crippen LogP contribution < -0.4 is 10.9 Å². The Balaban J connectivity index is 2.35. The minimum Gasteiger partial charge on any atom is -0.480 e. The average Bonchev–Trinajstić information content (AvgIpc) is 2.12. The lowest BCUT2D eigenvalue weighted by atomic mass is 10.1. The Labute approximate surface area is 59.6 Å². The van der Waals surface area contributed by atoms with Gasteiger partial charge in [0.25, 0.3) is 0 Å². The monoisotopic (exact) mass is 144 g/mol. The second-order valence-electron chi connectivity index (χ2n) is 2.46. The molecule has 0 aliphatic carbocycles. The molecule has 10 heavy (non-hydrogen) atoms. The minimum atomic E-state index is -0.769. The first-order valence-electron chi connectivity index (χ1n) is 3.52. The van der Waals surface area contributed by atoms with Crippen LogP contribution in [-0.2, 0) is 4.79 Å². The molecule has 0 bridgehead atoms. The van der Waals surface area contributed by atoms with E-state index in [1.165, 1.54) is 0 Å². The summed E-state index contributed by atoms with van der Waals surface area (Å²) in [6, 6.07) is -0.400. The molecule has 1 saturated heterocycles. The fourth-order valence-electron chi connectivity index (χ4n) is 1.01. The number of carbonyl (C=O) groups is 1. The maximum Gasteiger partial charge on any atom is 0.322 e. The highest BCUT2D eigenvalue weighted by Crippen LogP contribution is 2.02. The Bertz CT molecular complexity index is 119. The van der Waals surface area contributed by atoms with Crippen molar-refractivity contribution < 1.29 is 9.90 Å². The maximum absolute atomic E-state index is 10.4. The van der Waals surface area contributed by atoms with E-state index in [1.807, 2.05) is 0 Å². The number of carboxylic acid groups (broad SMARTS) is 1. The van der Waals surface area contributed by atoms with Gasteiger partial charge in [0.1, 0.15) is 6.04 Å². The fourth-order valence-corrected chi connectivity index (χ4v) is 1.01. The topological polar surface area (TPSA) is 61.4 Å². The van der Waals surface area contributed by atoms with Gasteiger partial charge in [0.2, 0.25) is 0 Å². The van der Waals surface area contributed by atoms with Crippen molar-refractivity contribution in [1.29, 1.82) is 0 Å². The van der Waals surface area contributed by atoms with Gasteiger partial charge in [-0.05, 0) is 19.3 Å². The van der Waals surface area contributed by atoms with E-state index < -0.39 is 12.0 Å². The third-order valence-corrected chi connectivity index (χ3v) is 1.62. The van der Waals surface area contributed by atoms with Crippen molar-refractivity contribution in [1.82, 2.24) is 10.9 Å². The zero-order chi connectivity index (χ0) is 7.40. The van der Waals surface area contributed by atoms with Crippen LogP contribution >= 0.6 is 0 Å². The first-order valence-corrected chi connectivity index (χ1v) is 3.52. The molecule has 0 aromatic rings. The molecule has 1 fully saturated rings. The van der Waals surface area contributed by atoms with Crippen molar-refractivity contribution in [2.24, 2.45) is 0 Å². The summed E-state index contributed by atoms with van der Waals surface area (Å²) in [6.45, 7) is 0.865. The smallest absolute Gasteiger partial charge is 0.322 e. The summed E-state index contributed by atoms with van der Waals surface area (Å²) in [5.41, 5.74) is 5.58. The number of nitrogens with one attached hydrogen (secondary N) is 2. The lowest BCUT2D eigenvalue weighted by Gasteiger charge is -2.09. The van der Waals surface area contributed by atoms with Gasteiger partial charge in [0.15, 0.2) is 0 Å². The molecular weight excluding hydrogens is 132 g/mol. The number of aliphatic carboxylic acids is 1. The molecule has 0 amide bonds. The summed E-state index contributed by atoms with van der Waals surface area (Å²) in [5.74, 6) is -0.769. The molecule has 0 radical (unpaired) electrons. The van der Waals surface area contributed by atoms with Gasteiger partial charge in [-0.2, -0.15) is 0 Å². The van der Waals surface area contributed by atoms with Crippen LogP contribution in [0.1, 0.15) is 19.3 Å². The molecule has 0 aromatic heterocycles. The summed E-state index contributed by atoms with van der Waals surface area (Å²) in [4.78, 5) is 10.4.